The molecule has 3 aromatic rings. The number of halogens is 2. The lowest BCUT2D eigenvalue weighted by Gasteiger charge is -2.36. The predicted molar refractivity (Wildman–Crippen MR) is 116 cm³/mol. The second kappa shape index (κ2) is 8.66. The highest BCUT2D eigenvalue weighted by molar-refractivity contribution is 6.42. The molecule has 2 aromatic heterocycles. The van der Waals surface area contributed by atoms with Crippen molar-refractivity contribution in [2.75, 3.05) is 6.54 Å². The second-order valence-corrected chi connectivity index (χ2v) is 8.12. The third kappa shape index (κ3) is 3.89. The minimum atomic E-state index is -0.109. The van der Waals surface area contributed by atoms with Crippen molar-refractivity contribution in [2.24, 2.45) is 7.05 Å². The number of likely N-dealkylation sites (tertiary alicyclic amines) is 1. The number of aryl methyl sites for hydroxylation is 2. The quantitative estimate of drug-likeness (QED) is 0.525. The SMILES string of the molecule is Cc1nn(C)c(Oc2cccc(Cl)c2Cl)c1C(=O)N1CCCC[C@H]1c1cccnc1. The Morgan fingerprint density at radius 1 is 1.20 bits per heavy atom. The van der Waals surface area contributed by atoms with E-state index in [1.807, 2.05) is 30.2 Å². The van der Waals surface area contributed by atoms with Gasteiger partial charge in [0.1, 0.15) is 16.3 Å². The van der Waals surface area contributed by atoms with Gasteiger partial charge in [-0.3, -0.25) is 9.78 Å². The summed E-state index contributed by atoms with van der Waals surface area (Å²) in [4.78, 5) is 19.8. The Morgan fingerprint density at radius 2 is 2.03 bits per heavy atom. The van der Waals surface area contributed by atoms with Gasteiger partial charge in [0.05, 0.1) is 16.8 Å². The molecule has 4 rings (SSSR count). The van der Waals surface area contributed by atoms with Gasteiger partial charge in [0.2, 0.25) is 5.88 Å². The number of carbonyl (C=O) groups excluding carboxylic acids is 1. The third-order valence-corrected chi connectivity index (χ3v) is 6.14. The van der Waals surface area contributed by atoms with Crippen LogP contribution < -0.4 is 4.74 Å². The second-order valence-electron chi connectivity index (χ2n) is 7.34. The van der Waals surface area contributed by atoms with Crippen LogP contribution in [-0.2, 0) is 7.05 Å². The number of benzene rings is 1. The van der Waals surface area contributed by atoms with Gasteiger partial charge < -0.3 is 9.64 Å². The summed E-state index contributed by atoms with van der Waals surface area (Å²) in [7, 11) is 1.74. The molecule has 0 spiro atoms. The van der Waals surface area contributed by atoms with E-state index in [1.54, 1.807) is 36.1 Å². The molecule has 0 bridgehead atoms. The molecule has 1 aromatic carbocycles. The van der Waals surface area contributed by atoms with Crippen molar-refractivity contribution in [3.8, 4) is 11.6 Å². The van der Waals surface area contributed by atoms with Crippen molar-refractivity contribution in [3.63, 3.8) is 0 Å². The van der Waals surface area contributed by atoms with Crippen LogP contribution >= 0.6 is 23.2 Å². The summed E-state index contributed by atoms with van der Waals surface area (Å²) in [5.41, 5.74) is 2.07. The summed E-state index contributed by atoms with van der Waals surface area (Å²) in [6.07, 6.45) is 6.49. The Hall–Kier alpha value is -2.57. The fourth-order valence-corrected chi connectivity index (χ4v) is 4.24. The van der Waals surface area contributed by atoms with Crippen LogP contribution in [0.2, 0.25) is 10.0 Å². The number of rotatable bonds is 4. The third-order valence-electron chi connectivity index (χ3n) is 5.34. The van der Waals surface area contributed by atoms with Crippen LogP contribution in [0.1, 0.15) is 46.9 Å². The first-order valence-corrected chi connectivity index (χ1v) is 10.6. The molecule has 1 amide bonds. The number of hydrogen-bond donors (Lipinski definition) is 0. The topological polar surface area (TPSA) is 60.3 Å². The first-order valence-electron chi connectivity index (χ1n) is 9.83. The van der Waals surface area contributed by atoms with E-state index in [0.29, 0.717) is 39.5 Å². The molecule has 1 aliphatic heterocycles. The zero-order valence-corrected chi connectivity index (χ0v) is 18.3. The zero-order chi connectivity index (χ0) is 21.3. The maximum Gasteiger partial charge on any atom is 0.261 e. The van der Waals surface area contributed by atoms with E-state index >= 15 is 0 Å². The number of amides is 1. The van der Waals surface area contributed by atoms with E-state index in [-0.39, 0.29) is 11.9 Å². The molecule has 1 fully saturated rings. The highest BCUT2D eigenvalue weighted by Gasteiger charge is 2.33. The molecule has 156 valence electrons. The Balaban J connectivity index is 1.71. The molecular weight excluding hydrogens is 423 g/mol. The summed E-state index contributed by atoms with van der Waals surface area (Å²) in [5, 5.41) is 5.11. The Bertz CT molecular complexity index is 1070. The number of carbonyl (C=O) groups is 1. The first kappa shape index (κ1) is 20.7. The zero-order valence-electron chi connectivity index (χ0n) is 16.8. The molecule has 6 nitrogen and oxygen atoms in total. The van der Waals surface area contributed by atoms with Crippen molar-refractivity contribution < 1.29 is 9.53 Å². The van der Waals surface area contributed by atoms with Gasteiger partial charge in [0.15, 0.2) is 0 Å². The summed E-state index contributed by atoms with van der Waals surface area (Å²) in [5.74, 6) is 0.614. The fraction of sp³-hybridized carbons (Fsp3) is 0.318. The number of aromatic nitrogens is 3. The minimum absolute atomic E-state index is 0.0258. The van der Waals surface area contributed by atoms with Crippen LogP contribution in [0.5, 0.6) is 11.6 Å². The van der Waals surface area contributed by atoms with E-state index in [4.69, 9.17) is 27.9 Å². The number of pyridine rings is 1. The van der Waals surface area contributed by atoms with Gasteiger partial charge in [-0.15, -0.1) is 0 Å². The highest BCUT2D eigenvalue weighted by atomic mass is 35.5. The lowest BCUT2D eigenvalue weighted by Crippen LogP contribution is -2.38. The van der Waals surface area contributed by atoms with Crippen LogP contribution in [0, 0.1) is 6.92 Å². The van der Waals surface area contributed by atoms with Crippen LogP contribution in [-0.4, -0.2) is 32.1 Å². The molecule has 0 N–H and O–H groups in total. The number of piperidine rings is 1. The fourth-order valence-electron chi connectivity index (χ4n) is 3.91. The molecule has 0 radical (unpaired) electrons. The summed E-state index contributed by atoms with van der Waals surface area (Å²) in [6, 6.07) is 9.03. The van der Waals surface area contributed by atoms with Gasteiger partial charge in [-0.05, 0) is 49.9 Å². The average molecular weight is 445 g/mol. The van der Waals surface area contributed by atoms with E-state index < -0.39 is 0 Å². The van der Waals surface area contributed by atoms with Crippen molar-refractivity contribution in [1.29, 1.82) is 0 Å². The Morgan fingerprint density at radius 3 is 2.80 bits per heavy atom. The van der Waals surface area contributed by atoms with E-state index in [0.717, 1.165) is 24.8 Å². The number of ether oxygens (including phenoxy) is 1. The first-order chi connectivity index (χ1) is 14.5. The Kier molecular flexibility index (Phi) is 5.97. The number of nitrogens with zero attached hydrogens (tertiary/aromatic N) is 4. The van der Waals surface area contributed by atoms with Crippen molar-refractivity contribution in [3.05, 3.63) is 69.6 Å². The van der Waals surface area contributed by atoms with Crippen LogP contribution in [0.25, 0.3) is 0 Å². The maximum absolute atomic E-state index is 13.7. The molecule has 1 atom stereocenters. The molecule has 1 aliphatic rings. The van der Waals surface area contributed by atoms with Gasteiger partial charge in [0, 0.05) is 26.0 Å². The van der Waals surface area contributed by atoms with E-state index in [9.17, 15) is 4.79 Å². The molecule has 0 unspecified atom stereocenters. The monoisotopic (exact) mass is 444 g/mol. The standard InChI is InChI=1S/C22H22Cl2N4O2/c1-14-19(22(27(2)26-14)30-18-10-5-8-16(23)20(18)24)21(29)28-12-4-3-9-17(28)15-7-6-11-25-13-15/h5-8,10-11,13,17H,3-4,9,12H2,1-2H3/t17-/m0/s1. The Labute approximate surface area is 185 Å². The number of hydrogen-bond acceptors (Lipinski definition) is 4. The maximum atomic E-state index is 13.7. The van der Waals surface area contributed by atoms with Crippen LogP contribution in [0.3, 0.4) is 0 Å². The molecular formula is C22H22Cl2N4O2. The lowest BCUT2D eigenvalue weighted by molar-refractivity contribution is 0.0607. The average Bonchev–Trinajstić information content (AvgIpc) is 3.04. The summed E-state index contributed by atoms with van der Waals surface area (Å²) >= 11 is 12.4. The van der Waals surface area contributed by atoms with Crippen LogP contribution in [0.4, 0.5) is 0 Å². The van der Waals surface area contributed by atoms with Crippen molar-refractivity contribution in [2.45, 2.75) is 32.2 Å². The predicted octanol–water partition coefficient (Wildman–Crippen LogP) is 5.59. The normalized spacial score (nSPS) is 16.5. The summed E-state index contributed by atoms with van der Waals surface area (Å²) < 4.78 is 7.61. The smallest absolute Gasteiger partial charge is 0.261 e. The van der Waals surface area contributed by atoms with Gasteiger partial charge in [0.25, 0.3) is 5.91 Å². The van der Waals surface area contributed by atoms with Crippen molar-refractivity contribution >= 4 is 29.1 Å². The molecule has 0 aliphatic carbocycles. The molecule has 30 heavy (non-hydrogen) atoms. The van der Waals surface area contributed by atoms with Gasteiger partial charge in [-0.2, -0.15) is 5.10 Å². The molecule has 0 saturated carbocycles. The van der Waals surface area contributed by atoms with Crippen LogP contribution in [0.15, 0.2) is 42.7 Å². The molecule has 3 heterocycles. The summed E-state index contributed by atoms with van der Waals surface area (Å²) in [6.45, 7) is 2.48. The lowest BCUT2D eigenvalue weighted by atomic mass is 9.95. The largest absolute Gasteiger partial charge is 0.437 e. The highest BCUT2D eigenvalue weighted by Crippen LogP contribution is 2.38. The minimum Gasteiger partial charge on any atom is -0.437 e. The van der Waals surface area contributed by atoms with E-state index in [1.165, 1.54) is 0 Å². The van der Waals surface area contributed by atoms with Gasteiger partial charge in [-0.1, -0.05) is 35.3 Å². The van der Waals surface area contributed by atoms with Gasteiger partial charge in [-0.25, -0.2) is 4.68 Å². The molecule has 8 heteroatoms. The van der Waals surface area contributed by atoms with Gasteiger partial charge >= 0.3 is 0 Å². The van der Waals surface area contributed by atoms with Crippen molar-refractivity contribution in [1.82, 2.24) is 19.7 Å². The van der Waals surface area contributed by atoms with E-state index in [2.05, 4.69) is 10.1 Å². The molecule has 1 saturated heterocycles.